The average molecular weight is 605 g/mol. The molecule has 1 unspecified atom stereocenters. The summed E-state index contributed by atoms with van der Waals surface area (Å²) in [4.78, 5) is 18.9. The van der Waals surface area contributed by atoms with E-state index in [1.54, 1.807) is 25.4 Å². The van der Waals surface area contributed by atoms with Crippen molar-refractivity contribution < 1.29 is 14.1 Å². The maximum Gasteiger partial charge on any atom is 0.406 e. The van der Waals surface area contributed by atoms with Gasteiger partial charge >= 0.3 is 5.82 Å². The largest absolute Gasteiger partial charge is 0.478 e. The zero-order valence-electron chi connectivity index (χ0n) is 18.8. The van der Waals surface area contributed by atoms with Crippen LogP contribution in [0.2, 0.25) is 0 Å². The second-order valence-electron chi connectivity index (χ2n) is 7.71. The molecule has 0 saturated heterocycles. The topological polar surface area (TPSA) is 96.0 Å². The van der Waals surface area contributed by atoms with Gasteiger partial charge in [0.2, 0.25) is 5.75 Å². The normalized spacial score (nSPS) is 11.9. The van der Waals surface area contributed by atoms with Gasteiger partial charge in [-0.1, -0.05) is 6.07 Å². The van der Waals surface area contributed by atoms with Gasteiger partial charge in [-0.3, -0.25) is 9.67 Å². The molecule has 8 nitrogen and oxygen atoms in total. The standard InChI is InChI=1S/C24H20Br2FN5O3/c1-3-31-23(26)16(11-30-31)8-15-6-7-28-13-21(15)19-5-4-18(27)10-20(19)14(2)35-22-9-17(25)12-29-24(22)32(33)34/h4-7,9-14H,3,8H2,1-2H3. The summed E-state index contributed by atoms with van der Waals surface area (Å²) in [6, 6.07) is 7.80. The van der Waals surface area contributed by atoms with E-state index in [4.69, 9.17) is 4.74 Å². The molecule has 11 heteroatoms. The van der Waals surface area contributed by atoms with Gasteiger partial charge < -0.3 is 14.9 Å². The zero-order valence-corrected chi connectivity index (χ0v) is 22.0. The zero-order chi connectivity index (χ0) is 25.1. The number of nitro groups is 1. The SMILES string of the molecule is CCn1ncc(Cc2ccncc2-c2ccc(F)cc2C(C)Oc2cc(Br)cnc2[N+](=O)[O-])c1Br. The van der Waals surface area contributed by atoms with Crippen LogP contribution in [0.1, 0.15) is 36.6 Å². The summed E-state index contributed by atoms with van der Waals surface area (Å²) in [5.74, 6) is -0.884. The minimum atomic E-state index is -0.724. The highest BCUT2D eigenvalue weighted by atomic mass is 79.9. The Labute approximate surface area is 217 Å². The summed E-state index contributed by atoms with van der Waals surface area (Å²) in [5, 5.41) is 15.8. The molecule has 0 N–H and O–H groups in total. The van der Waals surface area contributed by atoms with Crippen molar-refractivity contribution >= 4 is 37.7 Å². The van der Waals surface area contributed by atoms with E-state index in [-0.39, 0.29) is 5.75 Å². The van der Waals surface area contributed by atoms with Crippen molar-refractivity contribution in [1.82, 2.24) is 19.7 Å². The van der Waals surface area contributed by atoms with Crippen molar-refractivity contribution in [3.8, 4) is 16.9 Å². The fourth-order valence-corrected chi connectivity index (χ4v) is 4.67. The molecule has 3 aromatic heterocycles. The van der Waals surface area contributed by atoms with Crippen LogP contribution in [-0.2, 0) is 13.0 Å². The molecule has 0 spiro atoms. The molecular weight excluding hydrogens is 585 g/mol. The number of benzene rings is 1. The molecule has 1 atom stereocenters. The lowest BCUT2D eigenvalue weighted by Crippen LogP contribution is -2.08. The monoisotopic (exact) mass is 603 g/mol. The molecule has 0 aliphatic heterocycles. The predicted octanol–water partition coefficient (Wildman–Crippen LogP) is 6.66. The highest BCUT2D eigenvalue weighted by molar-refractivity contribution is 9.10. The van der Waals surface area contributed by atoms with Crippen LogP contribution in [0.3, 0.4) is 0 Å². The Kier molecular flexibility index (Phi) is 7.56. The predicted molar refractivity (Wildman–Crippen MR) is 136 cm³/mol. The smallest absolute Gasteiger partial charge is 0.406 e. The Bertz CT molecular complexity index is 1400. The van der Waals surface area contributed by atoms with Gasteiger partial charge in [0.25, 0.3) is 0 Å². The molecule has 180 valence electrons. The van der Waals surface area contributed by atoms with E-state index >= 15 is 0 Å². The van der Waals surface area contributed by atoms with Crippen molar-refractivity contribution in [1.29, 1.82) is 0 Å². The minimum absolute atomic E-state index is 0.0191. The van der Waals surface area contributed by atoms with Gasteiger partial charge in [-0.2, -0.15) is 5.10 Å². The molecule has 0 fully saturated rings. The Hall–Kier alpha value is -3.18. The average Bonchev–Trinajstić information content (AvgIpc) is 3.18. The molecule has 4 rings (SSSR count). The van der Waals surface area contributed by atoms with E-state index in [1.807, 2.05) is 23.9 Å². The van der Waals surface area contributed by atoms with Gasteiger partial charge in [-0.15, -0.1) is 0 Å². The van der Waals surface area contributed by atoms with Crippen LogP contribution in [-0.4, -0.2) is 24.7 Å². The number of ether oxygens (including phenoxy) is 1. The molecule has 3 heterocycles. The lowest BCUT2D eigenvalue weighted by molar-refractivity contribution is -0.390. The summed E-state index contributed by atoms with van der Waals surface area (Å²) < 4.78 is 23.6. The Balaban J connectivity index is 1.74. The number of pyridine rings is 2. The molecular formula is C24H20Br2FN5O3. The molecule has 0 aliphatic rings. The summed E-state index contributed by atoms with van der Waals surface area (Å²) in [7, 11) is 0. The highest BCUT2D eigenvalue weighted by Crippen LogP contribution is 2.37. The van der Waals surface area contributed by atoms with Gasteiger partial charge in [0, 0.05) is 48.1 Å². The van der Waals surface area contributed by atoms with Gasteiger partial charge in [0.05, 0.1) is 10.7 Å². The van der Waals surface area contributed by atoms with Gasteiger partial charge in [0.1, 0.15) is 16.5 Å². The van der Waals surface area contributed by atoms with Crippen LogP contribution in [0.25, 0.3) is 11.1 Å². The maximum atomic E-state index is 14.4. The number of halogens is 3. The second kappa shape index (κ2) is 10.6. The molecule has 4 aromatic rings. The molecule has 0 bridgehead atoms. The fraction of sp³-hybridized carbons (Fsp3) is 0.208. The molecule has 1 aromatic carbocycles. The van der Waals surface area contributed by atoms with Crippen LogP contribution < -0.4 is 4.74 Å². The van der Waals surface area contributed by atoms with Crippen molar-refractivity contribution in [2.75, 3.05) is 0 Å². The van der Waals surface area contributed by atoms with Gasteiger partial charge in [0.15, 0.2) is 6.20 Å². The van der Waals surface area contributed by atoms with Gasteiger partial charge in [-0.25, -0.2) is 4.39 Å². The third-order valence-corrected chi connectivity index (χ3v) is 6.81. The van der Waals surface area contributed by atoms with E-state index in [9.17, 15) is 14.5 Å². The van der Waals surface area contributed by atoms with E-state index in [1.165, 1.54) is 24.4 Å². The van der Waals surface area contributed by atoms with E-state index in [2.05, 4.69) is 46.9 Å². The van der Waals surface area contributed by atoms with Crippen molar-refractivity contribution in [2.45, 2.75) is 32.9 Å². The van der Waals surface area contributed by atoms with Crippen LogP contribution >= 0.6 is 31.9 Å². The van der Waals surface area contributed by atoms with Crippen molar-refractivity contribution in [3.63, 3.8) is 0 Å². The first-order valence-electron chi connectivity index (χ1n) is 10.7. The number of hydrogen-bond donors (Lipinski definition) is 0. The quantitative estimate of drug-likeness (QED) is 0.165. The van der Waals surface area contributed by atoms with Crippen LogP contribution in [0.4, 0.5) is 10.2 Å². The third-order valence-electron chi connectivity index (χ3n) is 5.45. The highest BCUT2D eigenvalue weighted by Gasteiger charge is 2.23. The van der Waals surface area contributed by atoms with Crippen LogP contribution in [0.5, 0.6) is 5.75 Å². The molecule has 0 aliphatic carbocycles. The first kappa shape index (κ1) is 24.9. The minimum Gasteiger partial charge on any atom is -0.478 e. The maximum absolute atomic E-state index is 14.4. The molecule has 0 radical (unpaired) electrons. The van der Waals surface area contributed by atoms with E-state index in [0.29, 0.717) is 22.0 Å². The van der Waals surface area contributed by atoms with E-state index in [0.717, 1.165) is 27.8 Å². The van der Waals surface area contributed by atoms with Crippen LogP contribution in [0, 0.1) is 15.9 Å². The number of nitrogens with zero attached hydrogens (tertiary/aromatic N) is 5. The number of aryl methyl sites for hydroxylation is 1. The summed E-state index contributed by atoms with van der Waals surface area (Å²) in [6.07, 6.45) is 6.42. The Morgan fingerprint density at radius 3 is 2.66 bits per heavy atom. The lowest BCUT2D eigenvalue weighted by Gasteiger charge is -2.20. The van der Waals surface area contributed by atoms with Gasteiger partial charge in [-0.05, 0) is 84.9 Å². The second-order valence-corrected chi connectivity index (χ2v) is 9.38. The Morgan fingerprint density at radius 2 is 1.94 bits per heavy atom. The first-order chi connectivity index (χ1) is 16.8. The fourth-order valence-electron chi connectivity index (χ4n) is 3.78. The number of hydrogen-bond acceptors (Lipinski definition) is 6. The number of aromatic nitrogens is 4. The Morgan fingerprint density at radius 1 is 1.14 bits per heavy atom. The van der Waals surface area contributed by atoms with Crippen molar-refractivity contribution in [3.05, 3.63) is 96.8 Å². The third kappa shape index (κ3) is 5.40. The number of rotatable bonds is 8. The first-order valence-corrected chi connectivity index (χ1v) is 12.3. The lowest BCUT2D eigenvalue weighted by atomic mass is 9.92. The summed E-state index contributed by atoms with van der Waals surface area (Å²) >= 11 is 6.87. The van der Waals surface area contributed by atoms with E-state index < -0.39 is 22.7 Å². The molecule has 0 amide bonds. The van der Waals surface area contributed by atoms with Crippen LogP contribution in [0.15, 0.2) is 64.2 Å². The molecule has 35 heavy (non-hydrogen) atoms. The summed E-state index contributed by atoms with van der Waals surface area (Å²) in [6.45, 7) is 4.45. The van der Waals surface area contributed by atoms with Crippen molar-refractivity contribution in [2.24, 2.45) is 0 Å². The summed E-state index contributed by atoms with van der Waals surface area (Å²) in [5.41, 5.74) is 4.01. The molecule has 0 saturated carbocycles.